The van der Waals surface area contributed by atoms with Crippen LogP contribution in [0.15, 0.2) is 34.7 Å². The second-order valence-electron chi connectivity index (χ2n) is 5.86. The molecule has 1 aromatic carbocycles. The number of carbonyl (C=O) groups excluding carboxylic acids is 1. The summed E-state index contributed by atoms with van der Waals surface area (Å²) in [6.45, 7) is 4.08. The summed E-state index contributed by atoms with van der Waals surface area (Å²) < 4.78 is 15.9. The van der Waals surface area contributed by atoms with E-state index in [-0.39, 0.29) is 17.9 Å². The van der Waals surface area contributed by atoms with E-state index in [0.717, 1.165) is 31.1 Å². The molecule has 1 aromatic heterocycles. The smallest absolute Gasteiger partial charge is 0.289 e. The fraction of sp³-hybridized carbons (Fsp3) is 0.353. The highest BCUT2D eigenvalue weighted by Gasteiger charge is 2.24. The van der Waals surface area contributed by atoms with E-state index in [1.165, 1.54) is 5.56 Å². The lowest BCUT2D eigenvalue weighted by Gasteiger charge is -2.34. The van der Waals surface area contributed by atoms with Gasteiger partial charge in [-0.1, -0.05) is 6.07 Å². The monoisotopic (exact) mass is 348 g/mol. The summed E-state index contributed by atoms with van der Waals surface area (Å²) in [5.41, 5.74) is 1.18. The third-order valence-corrected chi connectivity index (χ3v) is 4.49. The van der Waals surface area contributed by atoms with Crippen LogP contribution in [0.1, 0.15) is 16.1 Å². The first-order chi connectivity index (χ1) is 11.7. The Morgan fingerprint density at radius 2 is 1.83 bits per heavy atom. The van der Waals surface area contributed by atoms with Gasteiger partial charge in [-0.15, -0.1) is 0 Å². The molecule has 3 heterocycles. The quantitative estimate of drug-likeness (QED) is 0.853. The number of halogens is 1. The van der Waals surface area contributed by atoms with E-state index in [2.05, 4.69) is 11.0 Å². The van der Waals surface area contributed by atoms with Crippen LogP contribution in [-0.2, 0) is 6.54 Å². The Hall–Kier alpha value is -2.18. The minimum atomic E-state index is -0.107. The third kappa shape index (κ3) is 3.07. The summed E-state index contributed by atoms with van der Waals surface area (Å²) in [6.07, 6.45) is 0. The standard InChI is InChI=1S/C17H17ClN2O4/c18-16-4-3-14(24-16)17(21)20-7-5-19(6-8-20)10-12-1-2-13-15(9-12)23-11-22-13/h1-4,9H,5-8,10-11H2. The maximum Gasteiger partial charge on any atom is 0.289 e. The zero-order chi connectivity index (χ0) is 16.5. The molecule has 0 N–H and O–H groups in total. The van der Waals surface area contributed by atoms with Gasteiger partial charge in [0.25, 0.3) is 5.91 Å². The molecule has 0 aliphatic carbocycles. The molecule has 1 saturated heterocycles. The predicted octanol–water partition coefficient (Wildman–Crippen LogP) is 2.62. The molecule has 1 amide bonds. The summed E-state index contributed by atoms with van der Waals surface area (Å²) in [7, 11) is 0. The number of furan rings is 1. The minimum absolute atomic E-state index is 0.107. The summed E-state index contributed by atoms with van der Waals surface area (Å²) in [6, 6.07) is 9.22. The summed E-state index contributed by atoms with van der Waals surface area (Å²) in [4.78, 5) is 16.4. The third-order valence-electron chi connectivity index (χ3n) is 4.29. The molecule has 4 rings (SSSR count). The minimum Gasteiger partial charge on any atom is -0.454 e. The molecular weight excluding hydrogens is 332 g/mol. The van der Waals surface area contributed by atoms with Gasteiger partial charge in [0.1, 0.15) is 0 Å². The lowest BCUT2D eigenvalue weighted by Crippen LogP contribution is -2.48. The van der Waals surface area contributed by atoms with Crippen LogP contribution in [0.4, 0.5) is 0 Å². The van der Waals surface area contributed by atoms with E-state index in [1.807, 2.05) is 12.1 Å². The van der Waals surface area contributed by atoms with Crippen LogP contribution in [0, 0.1) is 0 Å². The highest BCUT2D eigenvalue weighted by Crippen LogP contribution is 2.32. The highest BCUT2D eigenvalue weighted by atomic mass is 35.5. The first-order valence-electron chi connectivity index (χ1n) is 7.84. The fourth-order valence-corrected chi connectivity index (χ4v) is 3.14. The molecular formula is C17H17ClN2O4. The van der Waals surface area contributed by atoms with Gasteiger partial charge in [-0.25, -0.2) is 0 Å². The molecule has 2 aliphatic rings. The zero-order valence-corrected chi connectivity index (χ0v) is 13.8. The number of benzene rings is 1. The highest BCUT2D eigenvalue weighted by molar-refractivity contribution is 6.29. The van der Waals surface area contributed by atoms with E-state index in [1.54, 1.807) is 17.0 Å². The van der Waals surface area contributed by atoms with E-state index >= 15 is 0 Å². The number of fused-ring (bicyclic) bond motifs is 1. The number of hydrogen-bond donors (Lipinski definition) is 0. The molecule has 1 fully saturated rings. The Morgan fingerprint density at radius 1 is 1.04 bits per heavy atom. The number of carbonyl (C=O) groups is 1. The van der Waals surface area contributed by atoms with Crippen molar-refractivity contribution in [2.75, 3.05) is 33.0 Å². The van der Waals surface area contributed by atoms with E-state index in [4.69, 9.17) is 25.5 Å². The van der Waals surface area contributed by atoms with Gasteiger partial charge in [0, 0.05) is 32.7 Å². The van der Waals surface area contributed by atoms with Gasteiger partial charge in [0.2, 0.25) is 6.79 Å². The largest absolute Gasteiger partial charge is 0.454 e. The molecule has 0 bridgehead atoms. The van der Waals surface area contributed by atoms with Crippen LogP contribution in [0.25, 0.3) is 0 Å². The van der Waals surface area contributed by atoms with Crippen LogP contribution in [-0.4, -0.2) is 48.7 Å². The van der Waals surface area contributed by atoms with Crippen LogP contribution < -0.4 is 9.47 Å². The zero-order valence-electron chi connectivity index (χ0n) is 13.0. The fourth-order valence-electron chi connectivity index (χ4n) is 2.99. The van der Waals surface area contributed by atoms with Gasteiger partial charge in [-0.2, -0.15) is 0 Å². The van der Waals surface area contributed by atoms with Crippen molar-refractivity contribution in [1.82, 2.24) is 9.80 Å². The molecule has 2 aromatic rings. The first kappa shape index (κ1) is 15.4. The average Bonchev–Trinajstić information content (AvgIpc) is 3.23. The first-order valence-corrected chi connectivity index (χ1v) is 8.22. The molecule has 0 atom stereocenters. The maximum atomic E-state index is 12.3. The summed E-state index contributed by atoms with van der Waals surface area (Å²) >= 11 is 5.73. The molecule has 0 saturated carbocycles. The van der Waals surface area contributed by atoms with Gasteiger partial charge in [0.15, 0.2) is 22.5 Å². The maximum absolute atomic E-state index is 12.3. The Morgan fingerprint density at radius 3 is 2.58 bits per heavy atom. The van der Waals surface area contributed by atoms with Gasteiger partial charge in [0.05, 0.1) is 0 Å². The SMILES string of the molecule is O=C(c1ccc(Cl)o1)N1CCN(Cc2ccc3c(c2)OCO3)CC1. The van der Waals surface area contributed by atoms with Gasteiger partial charge in [-0.3, -0.25) is 9.69 Å². The molecule has 6 nitrogen and oxygen atoms in total. The lowest BCUT2D eigenvalue weighted by molar-refractivity contribution is 0.0598. The van der Waals surface area contributed by atoms with Crippen molar-refractivity contribution in [1.29, 1.82) is 0 Å². The summed E-state index contributed by atoms with van der Waals surface area (Å²) in [5.74, 6) is 1.79. The molecule has 126 valence electrons. The second-order valence-corrected chi connectivity index (χ2v) is 6.23. The topological polar surface area (TPSA) is 55.2 Å². The molecule has 0 unspecified atom stereocenters. The molecule has 24 heavy (non-hydrogen) atoms. The van der Waals surface area contributed by atoms with Crippen molar-refractivity contribution < 1.29 is 18.7 Å². The molecule has 0 spiro atoms. The Bertz CT molecular complexity index is 753. The number of nitrogens with zero attached hydrogens (tertiary/aromatic N) is 2. The van der Waals surface area contributed by atoms with Crippen LogP contribution in [0.3, 0.4) is 0 Å². The normalized spacial score (nSPS) is 17.3. The van der Waals surface area contributed by atoms with Crippen LogP contribution >= 0.6 is 11.6 Å². The lowest BCUT2D eigenvalue weighted by atomic mass is 10.1. The second kappa shape index (κ2) is 6.37. The van der Waals surface area contributed by atoms with Crippen molar-refractivity contribution >= 4 is 17.5 Å². The van der Waals surface area contributed by atoms with Gasteiger partial charge in [-0.05, 0) is 41.4 Å². The summed E-state index contributed by atoms with van der Waals surface area (Å²) in [5, 5.41) is 0.236. The Balaban J connectivity index is 1.34. The molecule has 0 radical (unpaired) electrons. The van der Waals surface area contributed by atoms with Crippen molar-refractivity contribution in [3.63, 3.8) is 0 Å². The molecule has 2 aliphatic heterocycles. The Labute approximate surface area is 144 Å². The van der Waals surface area contributed by atoms with Gasteiger partial charge >= 0.3 is 0 Å². The predicted molar refractivity (Wildman–Crippen MR) is 87.5 cm³/mol. The Kier molecular flexibility index (Phi) is 4.08. The van der Waals surface area contributed by atoms with Gasteiger partial charge < -0.3 is 18.8 Å². The van der Waals surface area contributed by atoms with Crippen molar-refractivity contribution in [2.45, 2.75) is 6.54 Å². The number of rotatable bonds is 3. The number of ether oxygens (including phenoxy) is 2. The average molecular weight is 349 g/mol. The number of hydrogen-bond acceptors (Lipinski definition) is 5. The van der Waals surface area contributed by atoms with Crippen molar-refractivity contribution in [3.05, 3.63) is 46.9 Å². The van der Waals surface area contributed by atoms with E-state index in [0.29, 0.717) is 18.8 Å². The van der Waals surface area contributed by atoms with Crippen molar-refractivity contribution in [3.8, 4) is 11.5 Å². The van der Waals surface area contributed by atoms with Crippen LogP contribution in [0.2, 0.25) is 5.22 Å². The van der Waals surface area contributed by atoms with E-state index < -0.39 is 0 Å². The molecule has 7 heteroatoms. The number of piperazine rings is 1. The number of amides is 1. The van der Waals surface area contributed by atoms with E-state index in [9.17, 15) is 4.79 Å². The van der Waals surface area contributed by atoms with Crippen molar-refractivity contribution in [2.24, 2.45) is 0 Å². The van der Waals surface area contributed by atoms with Crippen LogP contribution in [0.5, 0.6) is 11.5 Å².